The van der Waals surface area contributed by atoms with Crippen molar-refractivity contribution in [3.8, 4) is 0 Å². The van der Waals surface area contributed by atoms with Gasteiger partial charge in [-0.15, -0.1) is 0 Å². The lowest BCUT2D eigenvalue weighted by Crippen LogP contribution is -2.50. The van der Waals surface area contributed by atoms with Gasteiger partial charge in [0.05, 0.1) is 5.52 Å². The molecule has 4 rings (SSSR count). The summed E-state index contributed by atoms with van der Waals surface area (Å²) in [4.78, 5) is 47.7. The molecule has 0 N–H and O–H groups in total. The molecule has 0 aromatic carbocycles. The largest absolute Gasteiger partial charge is 0.339 e. The predicted octanol–water partition coefficient (Wildman–Crippen LogP) is 1.51. The van der Waals surface area contributed by atoms with Gasteiger partial charge in [-0.05, 0) is 30.9 Å². The van der Waals surface area contributed by atoms with Crippen LogP contribution in [0.25, 0.3) is 5.52 Å². The summed E-state index contributed by atoms with van der Waals surface area (Å²) < 4.78 is 1.72. The summed E-state index contributed by atoms with van der Waals surface area (Å²) >= 11 is 0. The third-order valence-corrected chi connectivity index (χ3v) is 5.90. The van der Waals surface area contributed by atoms with Crippen molar-refractivity contribution in [2.45, 2.75) is 26.7 Å². The minimum absolute atomic E-state index is 0.0215. The van der Waals surface area contributed by atoms with Crippen molar-refractivity contribution in [1.29, 1.82) is 0 Å². The molecule has 0 bridgehead atoms. The number of amides is 3. The Balaban J connectivity index is 1.62. The topological polar surface area (TPSA) is 78.2 Å². The zero-order valence-corrected chi connectivity index (χ0v) is 17.0. The van der Waals surface area contributed by atoms with E-state index in [1.165, 1.54) is 0 Å². The van der Waals surface area contributed by atoms with Crippen LogP contribution in [0.2, 0.25) is 0 Å². The molecule has 8 nitrogen and oxygen atoms in total. The minimum atomic E-state index is -0.192. The second-order valence-corrected chi connectivity index (χ2v) is 8.04. The van der Waals surface area contributed by atoms with Crippen LogP contribution < -0.4 is 0 Å². The summed E-state index contributed by atoms with van der Waals surface area (Å²) in [5.41, 5.74) is 0.940. The van der Waals surface area contributed by atoms with E-state index in [-0.39, 0.29) is 17.7 Å². The maximum atomic E-state index is 13.2. The van der Waals surface area contributed by atoms with Gasteiger partial charge in [-0.1, -0.05) is 13.0 Å². The lowest BCUT2D eigenvalue weighted by atomic mass is 10.0. The van der Waals surface area contributed by atoms with E-state index in [4.69, 9.17) is 0 Å². The highest BCUT2D eigenvalue weighted by Crippen LogP contribution is 2.21. The second kappa shape index (κ2) is 7.85. The van der Waals surface area contributed by atoms with Gasteiger partial charge in [0.2, 0.25) is 11.7 Å². The fourth-order valence-electron chi connectivity index (χ4n) is 4.24. The van der Waals surface area contributed by atoms with Crippen LogP contribution >= 0.6 is 0 Å². The van der Waals surface area contributed by atoms with Crippen molar-refractivity contribution in [3.05, 3.63) is 35.9 Å². The van der Waals surface area contributed by atoms with Crippen molar-refractivity contribution in [3.63, 3.8) is 0 Å². The van der Waals surface area contributed by atoms with E-state index >= 15 is 0 Å². The number of fused-ring (bicyclic) bond motifs is 1. The Kier molecular flexibility index (Phi) is 5.25. The van der Waals surface area contributed by atoms with E-state index in [1.54, 1.807) is 27.3 Å². The van der Waals surface area contributed by atoms with Crippen LogP contribution in [-0.4, -0.2) is 81.1 Å². The number of imidazole rings is 1. The highest BCUT2D eigenvalue weighted by atomic mass is 16.2. The van der Waals surface area contributed by atoms with Crippen LogP contribution in [0.5, 0.6) is 0 Å². The first kappa shape index (κ1) is 19.4. The number of carbonyl (C=O) groups excluding carboxylic acids is 3. The number of rotatable bonds is 2. The highest BCUT2D eigenvalue weighted by Gasteiger charge is 2.30. The number of pyridine rings is 1. The number of carbonyl (C=O) groups is 3. The van der Waals surface area contributed by atoms with Crippen molar-refractivity contribution in [2.24, 2.45) is 5.92 Å². The lowest BCUT2D eigenvalue weighted by Gasteiger charge is -2.33. The van der Waals surface area contributed by atoms with Gasteiger partial charge in [-0.25, -0.2) is 4.98 Å². The highest BCUT2D eigenvalue weighted by molar-refractivity contribution is 6.02. The molecule has 2 aromatic rings. The Bertz CT molecular complexity index is 945. The van der Waals surface area contributed by atoms with Crippen LogP contribution in [0.1, 0.15) is 47.8 Å². The Hall–Kier alpha value is -2.90. The first-order valence-electron chi connectivity index (χ1n) is 10.3. The summed E-state index contributed by atoms with van der Waals surface area (Å²) in [5, 5.41) is 0. The first-order chi connectivity index (χ1) is 14.0. The maximum absolute atomic E-state index is 13.2. The van der Waals surface area contributed by atoms with Gasteiger partial charge in [0, 0.05) is 52.4 Å². The molecule has 0 saturated carbocycles. The molecule has 4 heterocycles. The fourth-order valence-corrected chi connectivity index (χ4v) is 4.24. The van der Waals surface area contributed by atoms with Gasteiger partial charge >= 0.3 is 0 Å². The molecule has 154 valence electrons. The normalized spacial score (nSPS) is 20.2. The van der Waals surface area contributed by atoms with Gasteiger partial charge in [-0.2, -0.15) is 0 Å². The quantitative estimate of drug-likeness (QED) is 0.770. The second-order valence-electron chi connectivity index (χ2n) is 8.04. The van der Waals surface area contributed by atoms with Crippen LogP contribution in [0.3, 0.4) is 0 Å². The number of aromatic nitrogens is 2. The van der Waals surface area contributed by atoms with Gasteiger partial charge in [0.1, 0.15) is 0 Å². The summed E-state index contributed by atoms with van der Waals surface area (Å²) in [6.45, 7) is 7.11. The van der Waals surface area contributed by atoms with Crippen LogP contribution in [0.15, 0.2) is 24.4 Å². The van der Waals surface area contributed by atoms with E-state index in [2.05, 4.69) is 11.9 Å². The SMILES string of the molecule is CC(=O)N1CCN(C(=O)c2nc(C(=O)N3CCCC(C)C3)n3ccccc23)CC1. The summed E-state index contributed by atoms with van der Waals surface area (Å²) in [6.07, 6.45) is 3.90. The molecular formula is C21H27N5O3. The molecule has 29 heavy (non-hydrogen) atoms. The molecule has 2 saturated heterocycles. The van der Waals surface area contributed by atoms with E-state index < -0.39 is 0 Å². The molecule has 1 atom stereocenters. The average molecular weight is 397 g/mol. The lowest BCUT2D eigenvalue weighted by molar-refractivity contribution is -0.130. The van der Waals surface area contributed by atoms with Crippen molar-refractivity contribution in [1.82, 2.24) is 24.1 Å². The molecule has 2 aromatic heterocycles. The average Bonchev–Trinajstić information content (AvgIpc) is 3.12. The molecule has 8 heteroatoms. The number of nitrogens with zero attached hydrogens (tertiary/aromatic N) is 5. The van der Waals surface area contributed by atoms with Crippen molar-refractivity contribution in [2.75, 3.05) is 39.3 Å². The third kappa shape index (κ3) is 3.71. The predicted molar refractivity (Wildman–Crippen MR) is 108 cm³/mol. The molecule has 0 spiro atoms. The third-order valence-electron chi connectivity index (χ3n) is 5.90. The molecule has 0 radical (unpaired) electrons. The summed E-state index contributed by atoms with van der Waals surface area (Å²) in [5.74, 6) is 0.465. The molecule has 3 amide bonds. The Morgan fingerprint density at radius 2 is 1.69 bits per heavy atom. The molecule has 1 unspecified atom stereocenters. The smallest absolute Gasteiger partial charge is 0.290 e. The van der Waals surface area contributed by atoms with Crippen LogP contribution in [0.4, 0.5) is 0 Å². The van der Waals surface area contributed by atoms with E-state index in [0.29, 0.717) is 49.1 Å². The first-order valence-corrected chi connectivity index (χ1v) is 10.3. The molecule has 2 aliphatic rings. The molecule has 0 aliphatic carbocycles. The number of hydrogen-bond acceptors (Lipinski definition) is 4. The number of piperidine rings is 1. The zero-order valence-electron chi connectivity index (χ0n) is 17.0. The monoisotopic (exact) mass is 397 g/mol. The van der Waals surface area contributed by atoms with Crippen molar-refractivity contribution >= 4 is 23.2 Å². The standard InChI is InChI=1S/C21H27N5O3/c1-15-6-5-8-25(14-15)21(29)19-22-18(17-7-3-4-9-26(17)19)20(28)24-12-10-23(11-13-24)16(2)27/h3-4,7,9,15H,5-6,8,10-14H2,1-2H3. The van der Waals surface area contributed by atoms with Gasteiger partial charge < -0.3 is 14.7 Å². The number of piperazine rings is 1. The fraction of sp³-hybridized carbons (Fsp3) is 0.524. The molecular weight excluding hydrogens is 370 g/mol. The van der Waals surface area contributed by atoms with Crippen LogP contribution in [-0.2, 0) is 4.79 Å². The van der Waals surface area contributed by atoms with Gasteiger partial charge in [0.25, 0.3) is 11.8 Å². The maximum Gasteiger partial charge on any atom is 0.290 e. The zero-order chi connectivity index (χ0) is 20.5. The van der Waals surface area contributed by atoms with E-state index in [9.17, 15) is 14.4 Å². The molecule has 2 aliphatic heterocycles. The number of hydrogen-bond donors (Lipinski definition) is 0. The Morgan fingerprint density at radius 3 is 2.38 bits per heavy atom. The van der Waals surface area contributed by atoms with E-state index in [1.807, 2.05) is 23.1 Å². The van der Waals surface area contributed by atoms with Crippen LogP contribution in [0, 0.1) is 5.92 Å². The molecule has 2 fully saturated rings. The number of likely N-dealkylation sites (tertiary alicyclic amines) is 1. The van der Waals surface area contributed by atoms with Gasteiger partial charge in [0.15, 0.2) is 5.69 Å². The van der Waals surface area contributed by atoms with Gasteiger partial charge in [-0.3, -0.25) is 18.8 Å². The summed E-state index contributed by atoms with van der Waals surface area (Å²) in [6, 6.07) is 5.50. The van der Waals surface area contributed by atoms with Crippen molar-refractivity contribution < 1.29 is 14.4 Å². The minimum Gasteiger partial charge on any atom is -0.339 e. The Labute approximate surface area is 170 Å². The Morgan fingerprint density at radius 1 is 0.966 bits per heavy atom. The van der Waals surface area contributed by atoms with E-state index in [0.717, 1.165) is 25.9 Å². The summed E-state index contributed by atoms with van der Waals surface area (Å²) in [7, 11) is 0.